The normalized spacial score (nSPS) is 34.8. The van der Waals surface area contributed by atoms with Gasteiger partial charge in [0.2, 0.25) is 5.91 Å². The van der Waals surface area contributed by atoms with E-state index in [1.165, 1.54) is 0 Å². The van der Waals surface area contributed by atoms with Crippen LogP contribution in [0.3, 0.4) is 0 Å². The second-order valence-corrected chi connectivity index (χ2v) is 5.60. The van der Waals surface area contributed by atoms with Crippen LogP contribution in [-0.2, 0) is 4.79 Å². The van der Waals surface area contributed by atoms with E-state index in [4.69, 9.17) is 0 Å². The van der Waals surface area contributed by atoms with Gasteiger partial charge in [0.25, 0.3) is 0 Å². The Bertz CT molecular complexity index is 270. The van der Waals surface area contributed by atoms with Crippen LogP contribution in [0.5, 0.6) is 0 Å². The molecule has 98 valence electrons. The Hall–Kier alpha value is -0.610. The van der Waals surface area contributed by atoms with Crippen LogP contribution in [0.2, 0.25) is 0 Å². The smallest absolute Gasteiger partial charge is 0.224 e. The number of carbonyl (C=O) groups is 1. The van der Waals surface area contributed by atoms with Crippen molar-refractivity contribution in [2.45, 2.75) is 38.2 Å². The molecule has 0 aromatic carbocycles. The molecule has 1 heterocycles. The topological polar surface area (TPSA) is 52.6 Å². The van der Waals surface area contributed by atoms with Crippen molar-refractivity contribution >= 4 is 5.91 Å². The SMILES string of the molecule is CN1CCCC(C(=O)NCC2CCCC2O)C1. The molecule has 0 spiro atoms. The first-order valence-electron chi connectivity index (χ1n) is 6.81. The summed E-state index contributed by atoms with van der Waals surface area (Å²) >= 11 is 0. The van der Waals surface area contributed by atoms with E-state index in [0.717, 1.165) is 45.2 Å². The Morgan fingerprint density at radius 1 is 1.35 bits per heavy atom. The highest BCUT2D eigenvalue weighted by Crippen LogP contribution is 2.25. The highest BCUT2D eigenvalue weighted by atomic mass is 16.3. The minimum Gasteiger partial charge on any atom is -0.393 e. The van der Waals surface area contributed by atoms with Crippen LogP contribution in [0.25, 0.3) is 0 Å². The number of hydrogen-bond donors (Lipinski definition) is 2. The van der Waals surface area contributed by atoms with Gasteiger partial charge in [0.1, 0.15) is 0 Å². The molecule has 3 unspecified atom stereocenters. The fourth-order valence-corrected chi connectivity index (χ4v) is 3.01. The van der Waals surface area contributed by atoms with Crippen molar-refractivity contribution < 1.29 is 9.90 Å². The van der Waals surface area contributed by atoms with Crippen molar-refractivity contribution in [2.75, 3.05) is 26.7 Å². The van der Waals surface area contributed by atoms with Crippen molar-refractivity contribution in [3.05, 3.63) is 0 Å². The van der Waals surface area contributed by atoms with Gasteiger partial charge in [-0.1, -0.05) is 6.42 Å². The summed E-state index contributed by atoms with van der Waals surface area (Å²) in [6, 6.07) is 0. The molecule has 1 saturated heterocycles. The lowest BCUT2D eigenvalue weighted by Crippen LogP contribution is -2.43. The number of nitrogens with one attached hydrogen (secondary N) is 1. The monoisotopic (exact) mass is 240 g/mol. The molecule has 2 fully saturated rings. The van der Waals surface area contributed by atoms with Gasteiger partial charge < -0.3 is 15.3 Å². The van der Waals surface area contributed by atoms with E-state index >= 15 is 0 Å². The third kappa shape index (κ3) is 3.42. The van der Waals surface area contributed by atoms with Crippen LogP contribution in [0.4, 0.5) is 0 Å². The zero-order valence-corrected chi connectivity index (χ0v) is 10.7. The molecule has 1 aliphatic heterocycles. The van der Waals surface area contributed by atoms with Gasteiger partial charge in [0, 0.05) is 19.0 Å². The number of rotatable bonds is 3. The van der Waals surface area contributed by atoms with Gasteiger partial charge in [0.05, 0.1) is 12.0 Å². The molecule has 0 radical (unpaired) electrons. The summed E-state index contributed by atoms with van der Waals surface area (Å²) in [4.78, 5) is 14.2. The largest absolute Gasteiger partial charge is 0.393 e. The Kier molecular flexibility index (Phi) is 4.40. The van der Waals surface area contributed by atoms with Gasteiger partial charge >= 0.3 is 0 Å². The quantitative estimate of drug-likeness (QED) is 0.760. The van der Waals surface area contributed by atoms with E-state index in [1.807, 2.05) is 0 Å². The van der Waals surface area contributed by atoms with Crippen LogP contribution in [-0.4, -0.2) is 48.7 Å². The maximum Gasteiger partial charge on any atom is 0.224 e. The molecule has 1 amide bonds. The van der Waals surface area contributed by atoms with Crippen molar-refractivity contribution in [2.24, 2.45) is 11.8 Å². The number of hydrogen-bond acceptors (Lipinski definition) is 3. The average Bonchev–Trinajstić information content (AvgIpc) is 2.72. The zero-order chi connectivity index (χ0) is 12.3. The van der Waals surface area contributed by atoms with Gasteiger partial charge in [-0.3, -0.25) is 4.79 Å². The predicted octanol–water partition coefficient (Wildman–Crippen LogP) is 0.605. The van der Waals surface area contributed by atoms with Crippen LogP contribution < -0.4 is 5.32 Å². The van der Waals surface area contributed by atoms with E-state index < -0.39 is 0 Å². The summed E-state index contributed by atoms with van der Waals surface area (Å²) in [6.07, 6.45) is 4.95. The molecular weight excluding hydrogens is 216 g/mol. The van der Waals surface area contributed by atoms with Gasteiger partial charge in [-0.15, -0.1) is 0 Å². The third-order valence-corrected chi connectivity index (χ3v) is 4.15. The van der Waals surface area contributed by atoms with Crippen LogP contribution >= 0.6 is 0 Å². The molecule has 17 heavy (non-hydrogen) atoms. The molecule has 0 bridgehead atoms. The second kappa shape index (κ2) is 5.83. The van der Waals surface area contributed by atoms with Gasteiger partial charge in [0.15, 0.2) is 0 Å². The highest BCUT2D eigenvalue weighted by Gasteiger charge is 2.28. The van der Waals surface area contributed by atoms with E-state index in [0.29, 0.717) is 6.54 Å². The molecule has 1 aliphatic carbocycles. The van der Waals surface area contributed by atoms with E-state index in [2.05, 4.69) is 17.3 Å². The highest BCUT2D eigenvalue weighted by molar-refractivity contribution is 5.78. The minimum absolute atomic E-state index is 0.146. The van der Waals surface area contributed by atoms with Crippen molar-refractivity contribution in [1.29, 1.82) is 0 Å². The molecule has 4 heteroatoms. The molecule has 2 N–H and O–H groups in total. The first-order chi connectivity index (χ1) is 8.16. The van der Waals surface area contributed by atoms with Gasteiger partial charge in [-0.25, -0.2) is 0 Å². The lowest BCUT2D eigenvalue weighted by molar-refractivity contribution is -0.126. The molecule has 2 rings (SSSR count). The summed E-state index contributed by atoms with van der Waals surface area (Å²) in [5, 5.41) is 12.7. The van der Waals surface area contributed by atoms with E-state index in [1.54, 1.807) is 0 Å². The molecule has 2 aliphatic rings. The van der Waals surface area contributed by atoms with E-state index in [9.17, 15) is 9.90 Å². The Morgan fingerprint density at radius 3 is 2.82 bits per heavy atom. The number of piperidine rings is 1. The summed E-state index contributed by atoms with van der Waals surface area (Å²) in [5.74, 6) is 0.600. The van der Waals surface area contributed by atoms with Gasteiger partial charge in [-0.2, -0.15) is 0 Å². The first-order valence-corrected chi connectivity index (χ1v) is 6.81. The maximum atomic E-state index is 12.0. The lowest BCUT2D eigenvalue weighted by Gasteiger charge is -2.29. The number of nitrogens with zero attached hydrogens (tertiary/aromatic N) is 1. The molecular formula is C13H24N2O2. The van der Waals surface area contributed by atoms with Crippen LogP contribution in [0.1, 0.15) is 32.1 Å². The molecule has 0 aromatic heterocycles. The molecule has 4 nitrogen and oxygen atoms in total. The molecule has 3 atom stereocenters. The number of aliphatic hydroxyl groups is 1. The lowest BCUT2D eigenvalue weighted by atomic mass is 9.97. The Morgan fingerprint density at radius 2 is 2.18 bits per heavy atom. The Labute approximate surface area is 103 Å². The molecule has 0 aromatic rings. The zero-order valence-electron chi connectivity index (χ0n) is 10.7. The summed E-state index contributed by atoms with van der Waals surface area (Å²) in [5.41, 5.74) is 0. The maximum absolute atomic E-state index is 12.0. The number of likely N-dealkylation sites (tertiary alicyclic amines) is 1. The van der Waals surface area contributed by atoms with Crippen molar-refractivity contribution in [3.8, 4) is 0 Å². The van der Waals surface area contributed by atoms with Crippen molar-refractivity contribution in [1.82, 2.24) is 10.2 Å². The number of carbonyl (C=O) groups excluding carboxylic acids is 1. The second-order valence-electron chi connectivity index (χ2n) is 5.60. The summed E-state index contributed by atoms with van der Waals surface area (Å²) in [6.45, 7) is 2.63. The number of amides is 1. The third-order valence-electron chi connectivity index (χ3n) is 4.15. The fourth-order valence-electron chi connectivity index (χ4n) is 3.01. The first kappa shape index (κ1) is 12.8. The van der Waals surface area contributed by atoms with Gasteiger partial charge in [-0.05, 0) is 39.3 Å². The average molecular weight is 240 g/mol. The minimum atomic E-state index is -0.204. The molecule has 1 saturated carbocycles. The van der Waals surface area contributed by atoms with Crippen LogP contribution in [0, 0.1) is 11.8 Å². The standard InChI is InChI=1S/C13H24N2O2/c1-15-7-3-5-11(9-15)13(17)14-8-10-4-2-6-12(10)16/h10-12,16H,2-9H2,1H3,(H,14,17). The number of aliphatic hydroxyl groups excluding tert-OH is 1. The Balaban J connectivity index is 1.73. The summed E-state index contributed by atoms with van der Waals surface area (Å²) < 4.78 is 0. The van der Waals surface area contributed by atoms with Crippen molar-refractivity contribution in [3.63, 3.8) is 0 Å². The fraction of sp³-hybridized carbons (Fsp3) is 0.923. The van der Waals surface area contributed by atoms with Crippen LogP contribution in [0.15, 0.2) is 0 Å². The van der Waals surface area contributed by atoms with E-state index in [-0.39, 0.29) is 23.8 Å². The summed E-state index contributed by atoms with van der Waals surface area (Å²) in [7, 11) is 2.07. The predicted molar refractivity (Wildman–Crippen MR) is 66.6 cm³/mol.